The fraction of sp³-hybridized carbons (Fsp3) is 0.231. The van der Waals surface area contributed by atoms with Crippen molar-refractivity contribution < 1.29 is 14.7 Å². The average Bonchev–Trinajstić information content (AvgIpc) is 2.80. The molecule has 5 heteroatoms. The third-order valence-corrected chi connectivity index (χ3v) is 3.85. The van der Waals surface area contributed by atoms with E-state index in [1.807, 2.05) is 31.2 Å². The van der Waals surface area contributed by atoms with Crippen LogP contribution in [0.25, 0.3) is 21.1 Å². The fourth-order valence-corrected chi connectivity index (χ4v) is 2.97. The summed E-state index contributed by atoms with van der Waals surface area (Å²) in [5.41, 5.74) is 1.59. The second-order valence-electron chi connectivity index (χ2n) is 3.95. The van der Waals surface area contributed by atoms with Crippen molar-refractivity contribution in [3.05, 3.63) is 35.5 Å². The van der Waals surface area contributed by atoms with Crippen LogP contribution in [0.5, 0.6) is 0 Å². The van der Waals surface area contributed by atoms with E-state index in [0.29, 0.717) is 13.2 Å². The third-order valence-electron chi connectivity index (χ3n) is 2.77. The predicted molar refractivity (Wildman–Crippen MR) is 69.8 cm³/mol. The molecule has 2 heterocycles. The van der Waals surface area contributed by atoms with Crippen LogP contribution in [0.1, 0.15) is 11.9 Å². The van der Waals surface area contributed by atoms with Crippen molar-refractivity contribution in [2.75, 3.05) is 6.61 Å². The van der Waals surface area contributed by atoms with Gasteiger partial charge in [-0.2, -0.15) is 0 Å². The van der Waals surface area contributed by atoms with E-state index < -0.39 is 0 Å². The number of thiazole rings is 1. The average molecular weight is 261 g/mol. The zero-order valence-corrected chi connectivity index (χ0v) is 10.8. The van der Waals surface area contributed by atoms with Gasteiger partial charge in [-0.3, -0.25) is 5.21 Å². The van der Waals surface area contributed by atoms with Crippen molar-refractivity contribution in [3.63, 3.8) is 0 Å². The molecule has 0 atom stereocenters. The Morgan fingerprint density at radius 2 is 2.22 bits per heavy atom. The SMILES string of the molecule is CCOCc1nc2c[n+](O)c3ccccc3c2s1. The van der Waals surface area contributed by atoms with E-state index in [2.05, 4.69) is 4.98 Å². The Balaban J connectivity index is 2.23. The molecule has 0 saturated heterocycles. The Bertz CT molecular complexity index is 709. The van der Waals surface area contributed by atoms with Gasteiger partial charge < -0.3 is 4.74 Å². The summed E-state index contributed by atoms with van der Waals surface area (Å²) >= 11 is 1.61. The lowest BCUT2D eigenvalue weighted by atomic mass is 10.2. The maximum Gasteiger partial charge on any atom is 0.266 e. The Labute approximate surface area is 108 Å². The molecule has 0 spiro atoms. The number of benzene rings is 1. The van der Waals surface area contributed by atoms with Gasteiger partial charge in [-0.1, -0.05) is 12.1 Å². The molecule has 0 fully saturated rings. The lowest BCUT2D eigenvalue weighted by Crippen LogP contribution is -2.30. The minimum Gasteiger partial charge on any atom is -0.375 e. The van der Waals surface area contributed by atoms with Gasteiger partial charge in [-0.25, -0.2) is 4.98 Å². The summed E-state index contributed by atoms with van der Waals surface area (Å²) < 4.78 is 7.59. The van der Waals surface area contributed by atoms with Crippen LogP contribution in [0.3, 0.4) is 0 Å². The quantitative estimate of drug-likeness (QED) is 0.582. The summed E-state index contributed by atoms with van der Waals surface area (Å²) in [5, 5.41) is 11.8. The molecule has 0 radical (unpaired) electrons. The number of ether oxygens (including phenoxy) is 1. The molecular formula is C13H13N2O2S+. The van der Waals surface area contributed by atoms with Gasteiger partial charge in [0.15, 0.2) is 5.52 Å². The first-order valence-electron chi connectivity index (χ1n) is 5.79. The molecule has 0 aliphatic heterocycles. The van der Waals surface area contributed by atoms with Crippen molar-refractivity contribution in [2.45, 2.75) is 13.5 Å². The van der Waals surface area contributed by atoms with Crippen molar-refractivity contribution in [3.8, 4) is 0 Å². The molecule has 4 nitrogen and oxygen atoms in total. The van der Waals surface area contributed by atoms with E-state index in [4.69, 9.17) is 4.74 Å². The number of rotatable bonds is 3. The summed E-state index contributed by atoms with van der Waals surface area (Å²) in [4.78, 5) is 4.47. The second kappa shape index (κ2) is 4.51. The van der Waals surface area contributed by atoms with Crippen LogP contribution >= 0.6 is 11.3 Å². The largest absolute Gasteiger partial charge is 0.375 e. The molecule has 0 bridgehead atoms. The van der Waals surface area contributed by atoms with E-state index in [-0.39, 0.29) is 0 Å². The molecule has 18 heavy (non-hydrogen) atoms. The highest BCUT2D eigenvalue weighted by atomic mass is 32.1. The first-order chi connectivity index (χ1) is 8.79. The van der Waals surface area contributed by atoms with Gasteiger partial charge in [-0.15, -0.1) is 11.3 Å². The maximum atomic E-state index is 9.90. The number of hydrogen-bond acceptors (Lipinski definition) is 4. The monoisotopic (exact) mass is 261 g/mol. The van der Waals surface area contributed by atoms with Crippen molar-refractivity contribution in [1.29, 1.82) is 0 Å². The first-order valence-corrected chi connectivity index (χ1v) is 6.61. The Morgan fingerprint density at radius 3 is 3.06 bits per heavy atom. The third kappa shape index (κ3) is 1.81. The highest BCUT2D eigenvalue weighted by molar-refractivity contribution is 7.19. The predicted octanol–water partition coefficient (Wildman–Crippen LogP) is 2.51. The molecule has 3 aromatic rings. The van der Waals surface area contributed by atoms with Gasteiger partial charge in [-0.05, 0) is 13.0 Å². The zero-order chi connectivity index (χ0) is 12.5. The molecule has 2 aromatic heterocycles. The van der Waals surface area contributed by atoms with Gasteiger partial charge in [0.2, 0.25) is 6.20 Å². The maximum absolute atomic E-state index is 9.90. The number of aromatic nitrogens is 2. The minimum atomic E-state index is 0.523. The zero-order valence-electron chi connectivity index (χ0n) is 9.96. The Morgan fingerprint density at radius 1 is 1.39 bits per heavy atom. The van der Waals surface area contributed by atoms with Crippen LogP contribution in [-0.2, 0) is 11.3 Å². The van der Waals surface area contributed by atoms with Crippen LogP contribution < -0.4 is 4.73 Å². The summed E-state index contributed by atoms with van der Waals surface area (Å²) in [6.07, 6.45) is 1.64. The molecule has 0 aliphatic rings. The van der Waals surface area contributed by atoms with Gasteiger partial charge in [0.25, 0.3) is 5.52 Å². The summed E-state index contributed by atoms with van der Waals surface area (Å²) in [7, 11) is 0. The van der Waals surface area contributed by atoms with E-state index in [1.165, 1.54) is 0 Å². The number of para-hydroxylation sites is 1. The molecular weight excluding hydrogens is 248 g/mol. The molecule has 0 amide bonds. The van der Waals surface area contributed by atoms with E-state index in [0.717, 1.165) is 30.9 Å². The number of nitrogens with zero attached hydrogens (tertiary/aromatic N) is 2. The standard InChI is InChI=1S/C13H13N2O2S/c1-2-17-8-12-14-10-7-15(16)11-6-4-3-5-9(11)13(10)18-12/h3-7,16H,2,8H2,1H3/q+1. The smallest absolute Gasteiger partial charge is 0.266 e. The lowest BCUT2D eigenvalue weighted by molar-refractivity contribution is -0.883. The molecule has 1 N–H and O–H groups in total. The first kappa shape index (κ1) is 11.4. The van der Waals surface area contributed by atoms with Crippen molar-refractivity contribution in [1.82, 2.24) is 4.98 Å². The number of fused-ring (bicyclic) bond motifs is 3. The summed E-state index contributed by atoms with van der Waals surface area (Å²) in [6, 6.07) is 7.75. The van der Waals surface area contributed by atoms with E-state index >= 15 is 0 Å². The van der Waals surface area contributed by atoms with Gasteiger partial charge in [0, 0.05) is 17.4 Å². The highest BCUT2D eigenvalue weighted by Crippen LogP contribution is 2.28. The van der Waals surface area contributed by atoms with Crippen molar-refractivity contribution in [2.24, 2.45) is 0 Å². The van der Waals surface area contributed by atoms with Crippen LogP contribution in [0, 0.1) is 0 Å². The summed E-state index contributed by atoms with van der Waals surface area (Å²) in [6.45, 7) is 3.16. The topological polar surface area (TPSA) is 46.2 Å². The van der Waals surface area contributed by atoms with E-state index in [9.17, 15) is 5.21 Å². The number of pyridine rings is 1. The van der Waals surface area contributed by atoms with Crippen molar-refractivity contribution >= 4 is 32.5 Å². The van der Waals surface area contributed by atoms with Gasteiger partial charge in [0.1, 0.15) is 5.01 Å². The summed E-state index contributed by atoms with van der Waals surface area (Å²) in [5.74, 6) is 0. The molecule has 3 rings (SSSR count). The number of hydrogen-bond donors (Lipinski definition) is 1. The van der Waals surface area contributed by atoms with Crippen LogP contribution in [0.2, 0.25) is 0 Å². The van der Waals surface area contributed by atoms with E-state index in [1.54, 1.807) is 17.5 Å². The van der Waals surface area contributed by atoms with Gasteiger partial charge >= 0.3 is 0 Å². The highest BCUT2D eigenvalue weighted by Gasteiger charge is 2.16. The minimum absolute atomic E-state index is 0.523. The molecule has 0 aliphatic carbocycles. The fourth-order valence-electron chi connectivity index (χ4n) is 1.96. The normalized spacial score (nSPS) is 11.4. The molecule has 0 saturated carbocycles. The van der Waals surface area contributed by atoms with Gasteiger partial charge in [0.05, 0.1) is 16.7 Å². The van der Waals surface area contributed by atoms with Crippen LogP contribution in [0.4, 0.5) is 0 Å². The Kier molecular flexibility index (Phi) is 2.85. The van der Waals surface area contributed by atoms with Crippen LogP contribution in [0.15, 0.2) is 30.5 Å². The molecule has 1 aromatic carbocycles. The lowest BCUT2D eigenvalue weighted by Gasteiger charge is -1.94. The molecule has 92 valence electrons. The molecule has 0 unspecified atom stereocenters. The Hall–Kier alpha value is -1.72. The second-order valence-corrected chi connectivity index (χ2v) is 5.03. The van der Waals surface area contributed by atoms with Crippen LogP contribution in [-0.4, -0.2) is 16.8 Å².